The van der Waals surface area contributed by atoms with Crippen LogP contribution in [0.25, 0.3) is 6.08 Å². The number of primary sulfonamides is 1. The molecule has 15 heavy (non-hydrogen) atoms. The van der Waals surface area contributed by atoms with Gasteiger partial charge in [-0.3, -0.25) is 0 Å². The molecule has 2 N–H and O–H groups in total. The number of allylic oxidation sites excluding steroid dienone is 1. The van der Waals surface area contributed by atoms with Crippen LogP contribution >= 0.6 is 27.5 Å². The molecule has 0 aliphatic carbocycles. The van der Waals surface area contributed by atoms with Gasteiger partial charge in [-0.05, 0) is 17.7 Å². The number of benzene rings is 1. The molecule has 0 heterocycles. The molecule has 0 saturated carbocycles. The zero-order chi connectivity index (χ0) is 11.5. The van der Waals surface area contributed by atoms with E-state index in [0.717, 1.165) is 10.9 Å². The molecule has 0 saturated heterocycles. The Bertz CT molecular complexity index is 485. The van der Waals surface area contributed by atoms with E-state index in [2.05, 4.69) is 15.9 Å². The molecule has 0 radical (unpaired) electrons. The predicted molar refractivity (Wildman–Crippen MR) is 65.7 cm³/mol. The lowest BCUT2D eigenvalue weighted by atomic mass is 10.2. The number of hydrogen-bond donors (Lipinski definition) is 1. The zero-order valence-corrected chi connectivity index (χ0v) is 10.8. The van der Waals surface area contributed by atoms with Gasteiger partial charge >= 0.3 is 0 Å². The van der Waals surface area contributed by atoms with Crippen molar-refractivity contribution in [1.29, 1.82) is 0 Å². The van der Waals surface area contributed by atoms with E-state index in [1.165, 1.54) is 6.07 Å². The van der Waals surface area contributed by atoms with Crippen LogP contribution in [0.15, 0.2) is 29.2 Å². The third kappa shape index (κ3) is 3.61. The Morgan fingerprint density at radius 3 is 2.60 bits per heavy atom. The SMILES string of the molecule is NS(=O)(=O)c1ccc(C=CCBr)cc1Cl. The van der Waals surface area contributed by atoms with Crippen LogP contribution in [0.4, 0.5) is 0 Å². The molecule has 0 fully saturated rings. The minimum atomic E-state index is -3.74. The molecule has 0 unspecified atom stereocenters. The fourth-order valence-corrected chi connectivity index (χ4v) is 2.32. The van der Waals surface area contributed by atoms with Gasteiger partial charge in [0.25, 0.3) is 0 Å². The lowest BCUT2D eigenvalue weighted by Gasteiger charge is -2.02. The Kier molecular flexibility index (Phi) is 4.33. The van der Waals surface area contributed by atoms with Crippen LogP contribution in [-0.4, -0.2) is 13.7 Å². The van der Waals surface area contributed by atoms with Crippen LogP contribution in [0.5, 0.6) is 0 Å². The molecule has 1 aromatic carbocycles. The Labute approximate surface area is 102 Å². The smallest absolute Gasteiger partial charge is 0.225 e. The van der Waals surface area contributed by atoms with Crippen molar-refractivity contribution in [2.75, 3.05) is 5.33 Å². The summed E-state index contributed by atoms with van der Waals surface area (Å²) < 4.78 is 22.1. The molecule has 0 spiro atoms. The maximum atomic E-state index is 11.0. The first-order valence-electron chi connectivity index (χ1n) is 4.00. The summed E-state index contributed by atoms with van der Waals surface area (Å²) in [5.41, 5.74) is 0.826. The number of alkyl halides is 1. The molecular weight excluding hydrogens is 302 g/mol. The van der Waals surface area contributed by atoms with Gasteiger partial charge in [0, 0.05) is 5.33 Å². The fraction of sp³-hybridized carbons (Fsp3) is 0.111. The summed E-state index contributed by atoms with van der Waals surface area (Å²) >= 11 is 9.02. The first kappa shape index (κ1) is 12.7. The highest BCUT2D eigenvalue weighted by Crippen LogP contribution is 2.22. The van der Waals surface area contributed by atoms with Gasteiger partial charge in [-0.15, -0.1) is 0 Å². The molecule has 0 atom stereocenters. The van der Waals surface area contributed by atoms with Crippen molar-refractivity contribution in [2.24, 2.45) is 5.14 Å². The molecule has 3 nitrogen and oxygen atoms in total. The third-order valence-corrected chi connectivity index (χ3v) is 3.43. The van der Waals surface area contributed by atoms with Crippen molar-refractivity contribution in [3.63, 3.8) is 0 Å². The quantitative estimate of drug-likeness (QED) is 0.872. The number of rotatable bonds is 3. The van der Waals surface area contributed by atoms with E-state index < -0.39 is 10.0 Å². The number of hydrogen-bond acceptors (Lipinski definition) is 2. The molecular formula is C9H9BrClNO2S. The lowest BCUT2D eigenvalue weighted by Crippen LogP contribution is -2.12. The normalized spacial score (nSPS) is 12.2. The molecule has 0 aliphatic heterocycles. The van der Waals surface area contributed by atoms with E-state index in [1.807, 2.05) is 12.2 Å². The summed E-state index contributed by atoms with van der Waals surface area (Å²) in [6.45, 7) is 0. The van der Waals surface area contributed by atoms with Crippen molar-refractivity contribution in [3.05, 3.63) is 34.9 Å². The standard InChI is InChI=1S/C9H9BrClNO2S/c10-5-1-2-7-3-4-9(8(11)6-7)15(12,13)14/h1-4,6H,5H2,(H2,12,13,14). The van der Waals surface area contributed by atoms with Gasteiger partial charge in [-0.25, -0.2) is 13.6 Å². The summed E-state index contributed by atoms with van der Waals surface area (Å²) in [6.07, 6.45) is 3.70. The van der Waals surface area contributed by atoms with Crippen molar-refractivity contribution in [1.82, 2.24) is 0 Å². The second kappa shape index (κ2) is 5.12. The van der Waals surface area contributed by atoms with Crippen molar-refractivity contribution < 1.29 is 8.42 Å². The molecule has 0 bridgehead atoms. The van der Waals surface area contributed by atoms with Gasteiger partial charge in [0.15, 0.2) is 0 Å². The number of halogens is 2. The highest BCUT2D eigenvalue weighted by Gasteiger charge is 2.12. The molecule has 0 aliphatic rings. The van der Waals surface area contributed by atoms with Gasteiger partial charge in [0.1, 0.15) is 4.90 Å². The summed E-state index contributed by atoms with van der Waals surface area (Å²) in [6, 6.07) is 4.59. The molecule has 1 rings (SSSR count). The highest BCUT2D eigenvalue weighted by atomic mass is 79.9. The molecule has 82 valence electrons. The minimum Gasteiger partial charge on any atom is -0.225 e. The predicted octanol–water partition coefficient (Wildman–Crippen LogP) is 2.40. The van der Waals surface area contributed by atoms with E-state index in [-0.39, 0.29) is 9.92 Å². The molecule has 0 aromatic heterocycles. The zero-order valence-electron chi connectivity index (χ0n) is 7.65. The van der Waals surface area contributed by atoms with Gasteiger partial charge in [-0.1, -0.05) is 45.7 Å². The highest BCUT2D eigenvalue weighted by molar-refractivity contribution is 9.09. The fourth-order valence-electron chi connectivity index (χ4n) is 1.03. The first-order chi connectivity index (χ1) is 6.95. The van der Waals surface area contributed by atoms with Crippen LogP contribution in [0, 0.1) is 0 Å². The van der Waals surface area contributed by atoms with E-state index in [9.17, 15) is 8.42 Å². The Hall–Kier alpha value is -0.360. The van der Waals surface area contributed by atoms with Crippen molar-refractivity contribution in [3.8, 4) is 0 Å². The third-order valence-electron chi connectivity index (χ3n) is 1.66. The van der Waals surface area contributed by atoms with Gasteiger partial charge in [-0.2, -0.15) is 0 Å². The minimum absolute atomic E-state index is 0.0554. The number of sulfonamides is 1. The Morgan fingerprint density at radius 2 is 2.13 bits per heavy atom. The summed E-state index contributed by atoms with van der Waals surface area (Å²) in [5, 5.41) is 5.83. The second-order valence-electron chi connectivity index (χ2n) is 2.79. The van der Waals surface area contributed by atoms with Crippen molar-refractivity contribution >= 4 is 43.6 Å². The first-order valence-corrected chi connectivity index (χ1v) is 7.04. The number of nitrogens with two attached hydrogens (primary N) is 1. The summed E-state index contributed by atoms with van der Waals surface area (Å²) in [7, 11) is -3.74. The molecule has 6 heteroatoms. The van der Waals surface area contributed by atoms with Gasteiger partial charge in [0.2, 0.25) is 10.0 Å². The van der Waals surface area contributed by atoms with Gasteiger partial charge < -0.3 is 0 Å². The van der Waals surface area contributed by atoms with Crippen LogP contribution < -0.4 is 5.14 Å². The largest absolute Gasteiger partial charge is 0.239 e. The van der Waals surface area contributed by atoms with Gasteiger partial charge in [0.05, 0.1) is 5.02 Å². The Balaban J connectivity index is 3.15. The van der Waals surface area contributed by atoms with Crippen LogP contribution in [-0.2, 0) is 10.0 Å². The van der Waals surface area contributed by atoms with E-state index in [1.54, 1.807) is 12.1 Å². The monoisotopic (exact) mass is 309 g/mol. The average Bonchev–Trinajstić information content (AvgIpc) is 2.12. The lowest BCUT2D eigenvalue weighted by molar-refractivity contribution is 0.598. The summed E-state index contributed by atoms with van der Waals surface area (Å²) in [5.74, 6) is 0. The Morgan fingerprint density at radius 1 is 1.47 bits per heavy atom. The van der Waals surface area contributed by atoms with Crippen LogP contribution in [0.3, 0.4) is 0 Å². The van der Waals surface area contributed by atoms with Crippen LogP contribution in [0.2, 0.25) is 5.02 Å². The van der Waals surface area contributed by atoms with Crippen molar-refractivity contribution in [2.45, 2.75) is 4.90 Å². The average molecular weight is 311 g/mol. The van der Waals surface area contributed by atoms with Crippen LogP contribution in [0.1, 0.15) is 5.56 Å². The maximum absolute atomic E-state index is 11.0. The topological polar surface area (TPSA) is 60.2 Å². The van der Waals surface area contributed by atoms with E-state index in [0.29, 0.717) is 0 Å². The maximum Gasteiger partial charge on any atom is 0.239 e. The molecule has 1 aromatic rings. The molecule has 0 amide bonds. The second-order valence-corrected chi connectivity index (χ2v) is 5.38. The summed E-state index contributed by atoms with van der Waals surface area (Å²) in [4.78, 5) is -0.0554. The van der Waals surface area contributed by atoms with E-state index in [4.69, 9.17) is 16.7 Å². The van der Waals surface area contributed by atoms with E-state index >= 15 is 0 Å².